The summed E-state index contributed by atoms with van der Waals surface area (Å²) < 4.78 is 5.02. The average molecular weight is 300 g/mol. The molecule has 6 N–H and O–H groups in total. The molecule has 0 radical (unpaired) electrons. The molecule has 1 saturated carbocycles. The molecule has 0 spiro atoms. The third kappa shape index (κ3) is 2.47. The number of carbonyl (C=O) groups is 1. The van der Waals surface area contributed by atoms with E-state index in [2.05, 4.69) is 0 Å². The number of aliphatic hydroxyl groups is 5. The van der Waals surface area contributed by atoms with Gasteiger partial charge in [0.1, 0.15) is 11.9 Å². The smallest absolute Gasteiger partial charge is 0.335 e. The SMILES string of the molecule is O=C(O)c1cccc(OC(O)C2(O)C(O)C(O)C2CO)c1. The van der Waals surface area contributed by atoms with E-state index in [-0.39, 0.29) is 11.3 Å². The number of carboxylic acids is 1. The topological polar surface area (TPSA) is 148 Å². The number of ether oxygens (including phenoxy) is 1. The Morgan fingerprint density at radius 1 is 1.38 bits per heavy atom. The maximum Gasteiger partial charge on any atom is 0.335 e. The van der Waals surface area contributed by atoms with E-state index >= 15 is 0 Å². The number of benzene rings is 1. The number of aromatic carboxylic acids is 1. The molecule has 1 aliphatic rings. The largest absolute Gasteiger partial charge is 0.478 e. The second kappa shape index (κ2) is 5.58. The molecule has 0 aromatic heterocycles. The van der Waals surface area contributed by atoms with Crippen molar-refractivity contribution < 1.29 is 40.2 Å². The first-order chi connectivity index (χ1) is 9.82. The summed E-state index contributed by atoms with van der Waals surface area (Å²) in [6, 6.07) is 5.18. The van der Waals surface area contributed by atoms with Gasteiger partial charge >= 0.3 is 5.97 Å². The lowest BCUT2D eigenvalue weighted by Gasteiger charge is -2.53. The van der Waals surface area contributed by atoms with Gasteiger partial charge in [-0.15, -0.1) is 0 Å². The van der Waals surface area contributed by atoms with Crippen molar-refractivity contribution in [1.82, 2.24) is 0 Å². The van der Waals surface area contributed by atoms with Gasteiger partial charge in [0.2, 0.25) is 6.29 Å². The molecule has 116 valence electrons. The summed E-state index contributed by atoms with van der Waals surface area (Å²) >= 11 is 0. The van der Waals surface area contributed by atoms with Crippen LogP contribution >= 0.6 is 0 Å². The van der Waals surface area contributed by atoms with Gasteiger partial charge in [0.15, 0.2) is 5.60 Å². The van der Waals surface area contributed by atoms with Crippen LogP contribution in [0.1, 0.15) is 10.4 Å². The number of aliphatic hydroxyl groups excluding tert-OH is 4. The van der Waals surface area contributed by atoms with Gasteiger partial charge in [0.25, 0.3) is 0 Å². The molecule has 5 unspecified atom stereocenters. The highest BCUT2D eigenvalue weighted by molar-refractivity contribution is 5.87. The Bertz CT molecular complexity index is 533. The van der Waals surface area contributed by atoms with Crippen molar-refractivity contribution in [2.75, 3.05) is 6.61 Å². The quantitative estimate of drug-likeness (QED) is 0.347. The van der Waals surface area contributed by atoms with E-state index in [9.17, 15) is 25.2 Å². The van der Waals surface area contributed by atoms with Gasteiger partial charge in [-0.3, -0.25) is 0 Å². The van der Waals surface area contributed by atoms with Crippen molar-refractivity contribution in [2.24, 2.45) is 5.92 Å². The van der Waals surface area contributed by atoms with Crippen LogP contribution in [0.4, 0.5) is 0 Å². The van der Waals surface area contributed by atoms with Gasteiger partial charge in [-0.05, 0) is 18.2 Å². The molecule has 21 heavy (non-hydrogen) atoms. The summed E-state index contributed by atoms with van der Waals surface area (Å²) in [4.78, 5) is 10.8. The van der Waals surface area contributed by atoms with Gasteiger partial charge in [0, 0.05) is 5.92 Å². The third-order valence-corrected chi connectivity index (χ3v) is 3.72. The Labute approximate surface area is 119 Å². The monoisotopic (exact) mass is 300 g/mol. The molecule has 0 amide bonds. The third-order valence-electron chi connectivity index (χ3n) is 3.72. The molecule has 0 saturated heterocycles. The molecule has 1 fully saturated rings. The van der Waals surface area contributed by atoms with E-state index in [4.69, 9.17) is 14.9 Å². The molecule has 1 aromatic rings. The maximum absolute atomic E-state index is 10.8. The first kappa shape index (κ1) is 15.7. The zero-order chi connectivity index (χ0) is 15.8. The zero-order valence-electron chi connectivity index (χ0n) is 10.8. The first-order valence-electron chi connectivity index (χ1n) is 6.19. The number of carboxylic acid groups (broad SMARTS) is 1. The van der Waals surface area contributed by atoms with Gasteiger partial charge in [-0.2, -0.15) is 0 Å². The Morgan fingerprint density at radius 2 is 2.05 bits per heavy atom. The fraction of sp³-hybridized carbons (Fsp3) is 0.462. The molecular weight excluding hydrogens is 284 g/mol. The molecular formula is C13H16O8. The lowest BCUT2D eigenvalue weighted by molar-refractivity contribution is -0.332. The lowest BCUT2D eigenvalue weighted by Crippen LogP contribution is -2.76. The highest BCUT2D eigenvalue weighted by Gasteiger charge is 2.65. The van der Waals surface area contributed by atoms with Crippen LogP contribution in [0.25, 0.3) is 0 Å². The van der Waals surface area contributed by atoms with E-state index in [0.717, 1.165) is 6.07 Å². The summed E-state index contributed by atoms with van der Waals surface area (Å²) in [7, 11) is 0. The van der Waals surface area contributed by atoms with E-state index < -0.39 is 42.6 Å². The molecule has 1 aromatic carbocycles. The predicted molar refractivity (Wildman–Crippen MR) is 67.6 cm³/mol. The number of hydrogen-bond acceptors (Lipinski definition) is 7. The van der Waals surface area contributed by atoms with Gasteiger partial charge in [-0.1, -0.05) is 6.07 Å². The fourth-order valence-corrected chi connectivity index (χ4v) is 2.38. The van der Waals surface area contributed by atoms with Crippen LogP contribution in [0.3, 0.4) is 0 Å². The van der Waals surface area contributed by atoms with Crippen LogP contribution < -0.4 is 4.74 Å². The molecule has 0 heterocycles. The summed E-state index contributed by atoms with van der Waals surface area (Å²) in [5.41, 5.74) is -2.33. The average Bonchev–Trinajstić information content (AvgIpc) is 2.47. The molecule has 5 atom stereocenters. The van der Waals surface area contributed by atoms with E-state index in [1.807, 2.05) is 0 Å². The van der Waals surface area contributed by atoms with Crippen LogP contribution in [0.15, 0.2) is 24.3 Å². The van der Waals surface area contributed by atoms with Crippen molar-refractivity contribution >= 4 is 5.97 Å². The zero-order valence-corrected chi connectivity index (χ0v) is 10.8. The van der Waals surface area contributed by atoms with Crippen LogP contribution in [0.2, 0.25) is 0 Å². The van der Waals surface area contributed by atoms with Gasteiger partial charge < -0.3 is 35.4 Å². The minimum atomic E-state index is -2.24. The number of hydrogen-bond donors (Lipinski definition) is 6. The molecule has 0 bridgehead atoms. The minimum Gasteiger partial charge on any atom is -0.478 e. The lowest BCUT2D eigenvalue weighted by atomic mass is 9.64. The predicted octanol–water partition coefficient (Wildman–Crippen LogP) is -1.84. The van der Waals surface area contributed by atoms with Crippen molar-refractivity contribution in [3.05, 3.63) is 29.8 Å². The van der Waals surface area contributed by atoms with E-state index in [1.54, 1.807) is 0 Å². The fourth-order valence-electron chi connectivity index (χ4n) is 2.38. The highest BCUT2D eigenvalue weighted by Crippen LogP contribution is 2.42. The van der Waals surface area contributed by atoms with Gasteiger partial charge in [-0.25, -0.2) is 4.79 Å². The van der Waals surface area contributed by atoms with Crippen LogP contribution in [0, 0.1) is 5.92 Å². The Hall–Kier alpha value is -1.71. The summed E-state index contributed by atoms with van der Waals surface area (Å²) in [6.45, 7) is -0.662. The molecule has 0 aliphatic heterocycles. The summed E-state index contributed by atoms with van der Waals surface area (Å²) in [5.74, 6) is -2.41. The molecule has 8 heteroatoms. The molecule has 1 aliphatic carbocycles. The van der Waals surface area contributed by atoms with E-state index in [1.165, 1.54) is 18.2 Å². The first-order valence-corrected chi connectivity index (χ1v) is 6.19. The van der Waals surface area contributed by atoms with E-state index in [0.29, 0.717) is 0 Å². The maximum atomic E-state index is 10.8. The van der Waals surface area contributed by atoms with Crippen LogP contribution in [-0.2, 0) is 0 Å². The minimum absolute atomic E-state index is 0.0406. The Balaban J connectivity index is 2.16. The summed E-state index contributed by atoms with van der Waals surface area (Å²) in [5, 5.41) is 57.0. The second-order valence-electron chi connectivity index (χ2n) is 4.91. The van der Waals surface area contributed by atoms with Crippen LogP contribution in [-0.4, -0.2) is 67.3 Å². The molecule has 8 nitrogen and oxygen atoms in total. The van der Waals surface area contributed by atoms with Crippen molar-refractivity contribution in [3.63, 3.8) is 0 Å². The Kier molecular flexibility index (Phi) is 4.17. The number of rotatable bonds is 5. The normalized spacial score (nSPS) is 33.1. The molecule has 2 rings (SSSR count). The van der Waals surface area contributed by atoms with Crippen molar-refractivity contribution in [2.45, 2.75) is 24.1 Å². The van der Waals surface area contributed by atoms with Crippen molar-refractivity contribution in [3.8, 4) is 5.75 Å². The van der Waals surface area contributed by atoms with Crippen molar-refractivity contribution in [1.29, 1.82) is 0 Å². The summed E-state index contributed by atoms with van der Waals surface area (Å²) in [6.07, 6.45) is -5.02. The second-order valence-corrected chi connectivity index (χ2v) is 4.91. The Morgan fingerprint density at radius 3 is 2.62 bits per heavy atom. The highest BCUT2D eigenvalue weighted by atomic mass is 16.6. The standard InChI is InChI=1S/C13H16O8/c14-5-8-9(15)10(16)13(8,20)12(19)21-7-3-1-2-6(4-7)11(17)18/h1-4,8-10,12,14-16,19-20H,5H2,(H,17,18). The van der Waals surface area contributed by atoms with Crippen LogP contribution in [0.5, 0.6) is 5.75 Å². The van der Waals surface area contributed by atoms with Gasteiger partial charge in [0.05, 0.1) is 18.3 Å².